The summed E-state index contributed by atoms with van der Waals surface area (Å²) in [6.07, 6.45) is 1.86. The number of hydrogen-bond donors (Lipinski definition) is 0. The lowest BCUT2D eigenvalue weighted by atomic mass is 10.2. The predicted molar refractivity (Wildman–Crippen MR) is 103 cm³/mol. The molecule has 0 unspecified atom stereocenters. The van der Waals surface area contributed by atoms with Gasteiger partial charge in [-0.2, -0.15) is 0 Å². The van der Waals surface area contributed by atoms with Crippen LogP contribution in [0.3, 0.4) is 0 Å². The van der Waals surface area contributed by atoms with Crippen molar-refractivity contribution in [2.75, 3.05) is 6.54 Å². The van der Waals surface area contributed by atoms with Crippen LogP contribution in [0.15, 0.2) is 34.6 Å². The SMILES string of the molecule is CCN1C(=O)/C(=C\c2ccc(OCc3csc(C)n3)cc2)SC1=S. The van der Waals surface area contributed by atoms with Crippen LogP contribution in [0.1, 0.15) is 23.2 Å². The molecule has 0 bridgehead atoms. The highest BCUT2D eigenvalue weighted by Crippen LogP contribution is 2.32. The Hall–Kier alpha value is -1.70. The van der Waals surface area contributed by atoms with Gasteiger partial charge in [0.1, 0.15) is 16.7 Å². The normalized spacial score (nSPS) is 16.2. The van der Waals surface area contributed by atoms with Crippen LogP contribution < -0.4 is 4.74 Å². The molecule has 0 aliphatic carbocycles. The first-order chi connectivity index (χ1) is 11.6. The van der Waals surface area contributed by atoms with Gasteiger partial charge in [0.15, 0.2) is 0 Å². The van der Waals surface area contributed by atoms with Gasteiger partial charge in [-0.15, -0.1) is 11.3 Å². The summed E-state index contributed by atoms with van der Waals surface area (Å²) < 4.78 is 6.34. The van der Waals surface area contributed by atoms with Crippen LogP contribution >= 0.6 is 35.3 Å². The monoisotopic (exact) mass is 376 g/mol. The van der Waals surface area contributed by atoms with Crippen LogP contribution in [0.2, 0.25) is 0 Å². The number of likely N-dealkylation sites (N-methyl/N-ethyl adjacent to an activating group) is 1. The second-order valence-corrected chi connectivity index (χ2v) is 7.88. The predicted octanol–water partition coefficient (Wildman–Crippen LogP) is 4.25. The number of thiocarbonyl (C=S) groups is 1. The Bertz CT molecular complexity index is 796. The van der Waals surface area contributed by atoms with Crippen molar-refractivity contribution >= 4 is 51.6 Å². The average Bonchev–Trinajstić information content (AvgIpc) is 3.10. The highest BCUT2D eigenvalue weighted by Gasteiger charge is 2.30. The molecular formula is C17H16N2O2S3. The molecule has 1 aliphatic rings. The Morgan fingerprint density at radius 3 is 2.67 bits per heavy atom. The van der Waals surface area contributed by atoms with E-state index in [2.05, 4.69) is 4.98 Å². The smallest absolute Gasteiger partial charge is 0.266 e. The van der Waals surface area contributed by atoms with Crippen molar-refractivity contribution < 1.29 is 9.53 Å². The lowest BCUT2D eigenvalue weighted by Gasteiger charge is -2.09. The Balaban J connectivity index is 1.65. The summed E-state index contributed by atoms with van der Waals surface area (Å²) in [5.41, 5.74) is 1.88. The summed E-state index contributed by atoms with van der Waals surface area (Å²) in [4.78, 5) is 18.8. The molecule has 1 aromatic heterocycles. The van der Waals surface area contributed by atoms with Gasteiger partial charge in [0.05, 0.1) is 15.6 Å². The highest BCUT2D eigenvalue weighted by molar-refractivity contribution is 8.26. The molecule has 7 heteroatoms. The number of aromatic nitrogens is 1. The van der Waals surface area contributed by atoms with E-state index in [1.807, 2.05) is 49.6 Å². The van der Waals surface area contributed by atoms with Crippen molar-refractivity contribution in [3.8, 4) is 5.75 Å². The van der Waals surface area contributed by atoms with Crippen molar-refractivity contribution in [3.63, 3.8) is 0 Å². The molecule has 0 saturated carbocycles. The molecule has 124 valence electrons. The summed E-state index contributed by atoms with van der Waals surface area (Å²) >= 11 is 8.18. The number of nitrogens with zero attached hydrogens (tertiary/aromatic N) is 2. The highest BCUT2D eigenvalue weighted by atomic mass is 32.2. The largest absolute Gasteiger partial charge is 0.487 e. The summed E-state index contributed by atoms with van der Waals surface area (Å²) in [5, 5.41) is 3.03. The number of carbonyl (C=O) groups excluding carboxylic acids is 1. The molecule has 2 heterocycles. The molecule has 3 rings (SSSR count). The van der Waals surface area contributed by atoms with E-state index >= 15 is 0 Å². The molecule has 0 radical (unpaired) electrons. The van der Waals surface area contributed by atoms with E-state index in [9.17, 15) is 4.79 Å². The molecule has 1 fully saturated rings. The van der Waals surface area contributed by atoms with Crippen molar-refractivity contribution in [1.82, 2.24) is 9.88 Å². The molecule has 2 aromatic rings. The fraction of sp³-hybridized carbons (Fsp3) is 0.235. The lowest BCUT2D eigenvalue weighted by Crippen LogP contribution is -2.27. The molecule has 1 saturated heterocycles. The zero-order valence-corrected chi connectivity index (χ0v) is 15.8. The maximum absolute atomic E-state index is 12.2. The maximum atomic E-state index is 12.2. The van der Waals surface area contributed by atoms with Gasteiger partial charge < -0.3 is 4.74 Å². The topological polar surface area (TPSA) is 42.4 Å². The molecular weight excluding hydrogens is 360 g/mol. The van der Waals surface area contributed by atoms with Gasteiger partial charge in [0, 0.05) is 11.9 Å². The fourth-order valence-electron chi connectivity index (χ4n) is 2.22. The number of rotatable bonds is 5. The Morgan fingerprint density at radius 1 is 1.33 bits per heavy atom. The molecule has 0 N–H and O–H groups in total. The molecule has 0 atom stereocenters. The number of thiazole rings is 1. The number of thioether (sulfide) groups is 1. The van der Waals surface area contributed by atoms with Crippen LogP contribution in [0, 0.1) is 6.92 Å². The van der Waals surface area contributed by atoms with Crippen LogP contribution in [0.5, 0.6) is 5.75 Å². The van der Waals surface area contributed by atoms with E-state index in [0.717, 1.165) is 22.0 Å². The van der Waals surface area contributed by atoms with E-state index in [-0.39, 0.29) is 5.91 Å². The number of carbonyl (C=O) groups is 1. The Labute approximate surface area is 154 Å². The minimum absolute atomic E-state index is 0.0215. The third-order valence-electron chi connectivity index (χ3n) is 3.42. The average molecular weight is 377 g/mol. The van der Waals surface area contributed by atoms with E-state index in [1.165, 1.54) is 11.8 Å². The molecule has 24 heavy (non-hydrogen) atoms. The first-order valence-electron chi connectivity index (χ1n) is 7.46. The minimum atomic E-state index is -0.0215. The van der Waals surface area contributed by atoms with Gasteiger partial charge in [-0.3, -0.25) is 9.69 Å². The number of ether oxygens (including phenoxy) is 1. The molecule has 1 amide bonds. The first-order valence-corrected chi connectivity index (χ1v) is 9.56. The number of amides is 1. The Morgan fingerprint density at radius 2 is 2.08 bits per heavy atom. The zero-order chi connectivity index (χ0) is 17.1. The van der Waals surface area contributed by atoms with Gasteiger partial charge in [0.2, 0.25) is 0 Å². The van der Waals surface area contributed by atoms with Crippen LogP contribution in [0.25, 0.3) is 6.08 Å². The number of hydrogen-bond acceptors (Lipinski definition) is 6. The second-order valence-electron chi connectivity index (χ2n) is 5.14. The van der Waals surface area contributed by atoms with E-state index in [0.29, 0.717) is 22.4 Å². The fourth-order valence-corrected chi connectivity index (χ4v) is 4.20. The quantitative estimate of drug-likeness (QED) is 0.576. The maximum Gasteiger partial charge on any atom is 0.266 e. The second kappa shape index (κ2) is 7.46. The summed E-state index contributed by atoms with van der Waals surface area (Å²) in [6, 6.07) is 7.65. The lowest BCUT2D eigenvalue weighted by molar-refractivity contribution is -0.121. The third-order valence-corrected chi connectivity index (χ3v) is 5.62. The summed E-state index contributed by atoms with van der Waals surface area (Å²) in [7, 11) is 0. The van der Waals surface area contributed by atoms with Crippen LogP contribution in [-0.4, -0.2) is 26.7 Å². The minimum Gasteiger partial charge on any atom is -0.487 e. The number of benzene rings is 1. The van der Waals surface area contributed by atoms with Gasteiger partial charge in [-0.25, -0.2) is 4.98 Å². The van der Waals surface area contributed by atoms with Crippen molar-refractivity contribution in [2.45, 2.75) is 20.5 Å². The van der Waals surface area contributed by atoms with E-state index < -0.39 is 0 Å². The molecule has 1 aromatic carbocycles. The van der Waals surface area contributed by atoms with Crippen LogP contribution in [0.4, 0.5) is 0 Å². The van der Waals surface area contributed by atoms with Gasteiger partial charge in [0.25, 0.3) is 5.91 Å². The van der Waals surface area contributed by atoms with Gasteiger partial charge in [-0.05, 0) is 37.6 Å². The van der Waals surface area contributed by atoms with Gasteiger partial charge >= 0.3 is 0 Å². The number of aryl methyl sites for hydroxylation is 1. The third kappa shape index (κ3) is 3.85. The van der Waals surface area contributed by atoms with E-state index in [1.54, 1.807) is 16.2 Å². The summed E-state index contributed by atoms with van der Waals surface area (Å²) in [5.74, 6) is 0.755. The Kier molecular flexibility index (Phi) is 5.33. The molecule has 0 spiro atoms. The van der Waals surface area contributed by atoms with Crippen molar-refractivity contribution in [2.24, 2.45) is 0 Å². The summed E-state index contributed by atoms with van der Waals surface area (Å²) in [6.45, 7) is 4.96. The van der Waals surface area contributed by atoms with E-state index in [4.69, 9.17) is 17.0 Å². The van der Waals surface area contributed by atoms with Crippen molar-refractivity contribution in [1.29, 1.82) is 0 Å². The molecule has 1 aliphatic heterocycles. The van der Waals surface area contributed by atoms with Crippen molar-refractivity contribution in [3.05, 3.63) is 50.8 Å². The van der Waals surface area contributed by atoms with Crippen LogP contribution in [-0.2, 0) is 11.4 Å². The molecule has 4 nitrogen and oxygen atoms in total. The van der Waals surface area contributed by atoms with Gasteiger partial charge in [-0.1, -0.05) is 36.1 Å². The first kappa shape index (κ1) is 17.1. The standard InChI is InChI=1S/C17H16N2O2S3/c1-3-19-16(20)15(24-17(19)22)8-12-4-6-14(7-5-12)21-9-13-10-23-11(2)18-13/h4-8,10H,3,9H2,1-2H3/b15-8+. The zero-order valence-electron chi connectivity index (χ0n) is 13.3.